The van der Waals surface area contributed by atoms with E-state index in [-0.39, 0.29) is 0 Å². The van der Waals surface area contributed by atoms with Crippen LogP contribution in [-0.4, -0.2) is 67.1 Å². The van der Waals surface area contributed by atoms with Crippen molar-refractivity contribution >= 4 is 16.9 Å². The molecule has 3 heterocycles. The molecule has 2 aliphatic heterocycles. The van der Waals surface area contributed by atoms with Crippen molar-refractivity contribution in [2.24, 2.45) is 10.9 Å². The second-order valence-electron chi connectivity index (χ2n) is 8.34. The lowest BCUT2D eigenvalue weighted by molar-refractivity contribution is 0.281. The standard InChI is InChI=1S/C23H35N5/c1-3-19-7-6-8-21-20(15-26-22(19)21)9-11-25-23(24-2)28-14-10-18(17-28)16-27-12-4-5-13-27/h6-8,15,18,26H,3-5,9-14,16-17H2,1-2H3,(H,24,25). The van der Waals surface area contributed by atoms with Crippen LogP contribution in [0.5, 0.6) is 0 Å². The summed E-state index contributed by atoms with van der Waals surface area (Å²) in [6, 6.07) is 6.63. The minimum atomic E-state index is 0.790. The normalized spacial score (nSPS) is 21.1. The molecule has 2 aromatic rings. The molecule has 1 unspecified atom stereocenters. The van der Waals surface area contributed by atoms with Gasteiger partial charge in [0.15, 0.2) is 5.96 Å². The van der Waals surface area contributed by atoms with Gasteiger partial charge >= 0.3 is 0 Å². The van der Waals surface area contributed by atoms with Crippen molar-refractivity contribution in [1.82, 2.24) is 20.1 Å². The number of H-pyrrole nitrogens is 1. The summed E-state index contributed by atoms with van der Waals surface area (Å²) in [5.74, 6) is 1.86. The SMILES string of the molecule is CCc1cccc2c(CCNC(=NC)N3CCC(CN4CCCC4)C3)c[nH]c12. The van der Waals surface area contributed by atoms with E-state index in [0.717, 1.165) is 44.4 Å². The average molecular weight is 382 g/mol. The predicted molar refractivity (Wildman–Crippen MR) is 118 cm³/mol. The van der Waals surface area contributed by atoms with Crippen LogP contribution in [-0.2, 0) is 12.8 Å². The maximum absolute atomic E-state index is 4.55. The van der Waals surface area contributed by atoms with Crippen LogP contribution in [0.4, 0.5) is 0 Å². The third kappa shape index (κ3) is 4.19. The van der Waals surface area contributed by atoms with Crippen LogP contribution < -0.4 is 5.32 Å². The van der Waals surface area contributed by atoms with E-state index in [9.17, 15) is 0 Å². The third-order valence-corrected chi connectivity index (χ3v) is 6.46. The van der Waals surface area contributed by atoms with Crippen LogP contribution in [0.2, 0.25) is 0 Å². The van der Waals surface area contributed by atoms with Gasteiger partial charge in [0.2, 0.25) is 0 Å². The molecular weight excluding hydrogens is 346 g/mol. The van der Waals surface area contributed by atoms with Gasteiger partial charge in [-0.05, 0) is 62.2 Å². The zero-order valence-electron chi connectivity index (χ0n) is 17.5. The molecule has 0 amide bonds. The number of para-hydroxylation sites is 1. The Balaban J connectivity index is 1.29. The van der Waals surface area contributed by atoms with Crippen LogP contribution in [0.1, 0.15) is 37.3 Å². The van der Waals surface area contributed by atoms with Crippen molar-refractivity contribution in [3.8, 4) is 0 Å². The van der Waals surface area contributed by atoms with Crippen LogP contribution in [0.3, 0.4) is 0 Å². The fraction of sp³-hybridized carbons (Fsp3) is 0.609. The molecule has 1 aromatic carbocycles. The number of aryl methyl sites for hydroxylation is 1. The van der Waals surface area contributed by atoms with E-state index < -0.39 is 0 Å². The van der Waals surface area contributed by atoms with Crippen molar-refractivity contribution in [3.05, 3.63) is 35.5 Å². The summed E-state index contributed by atoms with van der Waals surface area (Å²) < 4.78 is 0. The summed E-state index contributed by atoms with van der Waals surface area (Å²) in [6.07, 6.45) is 8.31. The first-order valence-electron chi connectivity index (χ1n) is 11.0. The number of likely N-dealkylation sites (tertiary alicyclic amines) is 2. The Labute approximate surface area is 169 Å². The summed E-state index contributed by atoms with van der Waals surface area (Å²) in [5.41, 5.74) is 4.09. The molecule has 4 rings (SSSR count). The summed E-state index contributed by atoms with van der Waals surface area (Å²) >= 11 is 0. The number of hydrogen-bond donors (Lipinski definition) is 2. The van der Waals surface area contributed by atoms with Crippen LogP contribution in [0.15, 0.2) is 29.4 Å². The minimum Gasteiger partial charge on any atom is -0.361 e. The molecule has 28 heavy (non-hydrogen) atoms. The van der Waals surface area contributed by atoms with E-state index in [1.807, 2.05) is 7.05 Å². The molecule has 5 heteroatoms. The lowest BCUT2D eigenvalue weighted by Gasteiger charge is -2.23. The number of nitrogens with one attached hydrogen (secondary N) is 2. The van der Waals surface area contributed by atoms with Gasteiger partial charge in [0.1, 0.15) is 0 Å². The molecule has 1 aromatic heterocycles. The van der Waals surface area contributed by atoms with Crippen molar-refractivity contribution in [2.75, 3.05) is 46.3 Å². The van der Waals surface area contributed by atoms with Gasteiger partial charge in [-0.3, -0.25) is 4.99 Å². The molecule has 0 aliphatic carbocycles. The molecule has 0 spiro atoms. The first kappa shape index (κ1) is 19.3. The van der Waals surface area contributed by atoms with E-state index in [2.05, 4.69) is 56.4 Å². The summed E-state index contributed by atoms with van der Waals surface area (Å²) in [5, 5.41) is 4.97. The van der Waals surface area contributed by atoms with Crippen molar-refractivity contribution in [3.63, 3.8) is 0 Å². The highest BCUT2D eigenvalue weighted by Gasteiger charge is 2.27. The van der Waals surface area contributed by atoms with E-state index in [0.29, 0.717) is 0 Å². The summed E-state index contributed by atoms with van der Waals surface area (Å²) in [7, 11) is 1.91. The lowest BCUT2D eigenvalue weighted by Crippen LogP contribution is -2.41. The Hall–Kier alpha value is -2.01. The van der Waals surface area contributed by atoms with Gasteiger partial charge in [-0.2, -0.15) is 0 Å². The van der Waals surface area contributed by atoms with Gasteiger partial charge in [-0.1, -0.05) is 25.1 Å². The second-order valence-corrected chi connectivity index (χ2v) is 8.34. The highest BCUT2D eigenvalue weighted by atomic mass is 15.3. The van der Waals surface area contributed by atoms with Crippen LogP contribution in [0, 0.1) is 5.92 Å². The minimum absolute atomic E-state index is 0.790. The van der Waals surface area contributed by atoms with E-state index in [1.54, 1.807) is 0 Å². The Morgan fingerprint density at radius 2 is 2.07 bits per heavy atom. The molecule has 152 valence electrons. The maximum atomic E-state index is 4.55. The largest absolute Gasteiger partial charge is 0.361 e. The molecule has 2 fully saturated rings. The first-order chi connectivity index (χ1) is 13.8. The number of benzene rings is 1. The number of rotatable bonds is 6. The number of nitrogens with zero attached hydrogens (tertiary/aromatic N) is 3. The fourth-order valence-electron chi connectivity index (χ4n) is 4.92. The zero-order valence-corrected chi connectivity index (χ0v) is 17.5. The monoisotopic (exact) mass is 381 g/mol. The lowest BCUT2D eigenvalue weighted by atomic mass is 10.1. The van der Waals surface area contributed by atoms with Gasteiger partial charge in [-0.15, -0.1) is 0 Å². The topological polar surface area (TPSA) is 46.7 Å². The second kappa shape index (κ2) is 8.99. The Morgan fingerprint density at radius 1 is 1.21 bits per heavy atom. The fourth-order valence-corrected chi connectivity index (χ4v) is 4.92. The number of hydrogen-bond acceptors (Lipinski definition) is 2. The average Bonchev–Trinajstić information content (AvgIpc) is 3.47. The molecule has 2 aliphatic rings. The molecular formula is C23H35N5. The predicted octanol–water partition coefficient (Wildman–Crippen LogP) is 3.27. The number of fused-ring (bicyclic) bond motifs is 1. The van der Waals surface area contributed by atoms with Gasteiger partial charge in [0.25, 0.3) is 0 Å². The number of aliphatic imine (C=N–C) groups is 1. The van der Waals surface area contributed by atoms with Gasteiger partial charge < -0.3 is 20.1 Å². The van der Waals surface area contributed by atoms with E-state index in [1.165, 1.54) is 60.9 Å². The highest BCUT2D eigenvalue weighted by molar-refractivity contribution is 5.86. The quantitative estimate of drug-likeness (QED) is 0.596. The van der Waals surface area contributed by atoms with Crippen LogP contribution in [0.25, 0.3) is 10.9 Å². The van der Waals surface area contributed by atoms with Crippen molar-refractivity contribution in [2.45, 2.75) is 39.0 Å². The zero-order chi connectivity index (χ0) is 19.3. The van der Waals surface area contributed by atoms with Gasteiger partial charge in [0, 0.05) is 50.3 Å². The molecule has 2 saturated heterocycles. The summed E-state index contributed by atoms with van der Waals surface area (Å²) in [4.78, 5) is 13.1. The van der Waals surface area contributed by atoms with Crippen molar-refractivity contribution in [1.29, 1.82) is 0 Å². The molecule has 1 atom stereocenters. The maximum Gasteiger partial charge on any atom is 0.193 e. The smallest absolute Gasteiger partial charge is 0.193 e. The van der Waals surface area contributed by atoms with Crippen LogP contribution >= 0.6 is 0 Å². The van der Waals surface area contributed by atoms with E-state index in [4.69, 9.17) is 0 Å². The van der Waals surface area contributed by atoms with Crippen molar-refractivity contribution < 1.29 is 0 Å². The Morgan fingerprint density at radius 3 is 2.86 bits per heavy atom. The Kier molecular flexibility index (Phi) is 6.20. The number of guanidine groups is 1. The third-order valence-electron chi connectivity index (χ3n) is 6.46. The Bertz CT molecular complexity index is 802. The molecule has 0 bridgehead atoms. The molecule has 0 radical (unpaired) electrons. The van der Waals surface area contributed by atoms with E-state index >= 15 is 0 Å². The van der Waals surface area contributed by atoms with Gasteiger partial charge in [0.05, 0.1) is 0 Å². The first-order valence-corrected chi connectivity index (χ1v) is 11.0. The molecule has 2 N–H and O–H groups in total. The number of aromatic amines is 1. The number of aromatic nitrogens is 1. The molecule has 5 nitrogen and oxygen atoms in total. The highest BCUT2D eigenvalue weighted by Crippen LogP contribution is 2.23. The summed E-state index contributed by atoms with van der Waals surface area (Å²) in [6.45, 7) is 9.27. The molecule has 0 saturated carbocycles. The van der Waals surface area contributed by atoms with Gasteiger partial charge in [-0.25, -0.2) is 0 Å².